The molecule has 5 heteroatoms. The molecule has 0 radical (unpaired) electrons. The Morgan fingerprint density at radius 1 is 1.38 bits per heavy atom. The quantitative estimate of drug-likeness (QED) is 0.798. The number of rotatable bonds is 6. The van der Waals surface area contributed by atoms with Crippen LogP contribution in [0, 0.1) is 0 Å². The number of aromatic nitrogens is 2. The second-order valence-electron chi connectivity index (χ2n) is 4.05. The van der Waals surface area contributed by atoms with Crippen LogP contribution >= 0.6 is 0 Å². The molecule has 0 saturated heterocycles. The summed E-state index contributed by atoms with van der Waals surface area (Å²) in [7, 11) is 3.49. The minimum Gasteiger partial charge on any atom is -0.476 e. The SMILES string of the molecule is CNc1cncc(OCCC(C)(C)OC)n1. The van der Waals surface area contributed by atoms with Gasteiger partial charge in [0, 0.05) is 20.6 Å². The first-order valence-corrected chi connectivity index (χ1v) is 5.25. The first-order chi connectivity index (χ1) is 7.57. The normalized spacial score (nSPS) is 11.2. The van der Waals surface area contributed by atoms with Gasteiger partial charge in [0.25, 0.3) is 0 Å². The van der Waals surface area contributed by atoms with Crippen LogP contribution in [0.25, 0.3) is 0 Å². The molecule has 1 aromatic heterocycles. The van der Waals surface area contributed by atoms with E-state index in [0.29, 0.717) is 18.3 Å². The van der Waals surface area contributed by atoms with Crippen LogP contribution < -0.4 is 10.1 Å². The number of anilines is 1. The molecule has 1 aromatic rings. The average molecular weight is 225 g/mol. The third kappa shape index (κ3) is 4.02. The molecule has 0 fully saturated rings. The van der Waals surface area contributed by atoms with Gasteiger partial charge in [0.05, 0.1) is 24.6 Å². The monoisotopic (exact) mass is 225 g/mol. The van der Waals surface area contributed by atoms with Gasteiger partial charge in [-0.1, -0.05) is 0 Å². The van der Waals surface area contributed by atoms with E-state index < -0.39 is 0 Å². The van der Waals surface area contributed by atoms with Gasteiger partial charge in [0.2, 0.25) is 5.88 Å². The van der Waals surface area contributed by atoms with Gasteiger partial charge in [-0.05, 0) is 13.8 Å². The van der Waals surface area contributed by atoms with Crippen molar-refractivity contribution in [3.05, 3.63) is 12.4 Å². The fraction of sp³-hybridized carbons (Fsp3) is 0.636. The van der Waals surface area contributed by atoms with Crippen molar-refractivity contribution in [3.63, 3.8) is 0 Å². The second kappa shape index (κ2) is 5.65. The molecule has 1 N–H and O–H groups in total. The molecule has 1 rings (SSSR count). The Kier molecular flexibility index (Phi) is 4.49. The Morgan fingerprint density at radius 3 is 2.75 bits per heavy atom. The Labute approximate surface area is 96.2 Å². The summed E-state index contributed by atoms with van der Waals surface area (Å²) in [6.45, 7) is 4.60. The van der Waals surface area contributed by atoms with Crippen LogP contribution in [0.15, 0.2) is 12.4 Å². The fourth-order valence-corrected chi connectivity index (χ4v) is 1.04. The van der Waals surface area contributed by atoms with Crippen molar-refractivity contribution in [2.45, 2.75) is 25.9 Å². The van der Waals surface area contributed by atoms with Crippen LogP contribution in [0.4, 0.5) is 5.82 Å². The summed E-state index contributed by atoms with van der Waals surface area (Å²) in [5, 5.41) is 2.91. The maximum atomic E-state index is 5.49. The Balaban J connectivity index is 2.42. The maximum absolute atomic E-state index is 5.49. The lowest BCUT2D eigenvalue weighted by molar-refractivity contribution is 0.00507. The molecule has 0 aromatic carbocycles. The van der Waals surface area contributed by atoms with E-state index in [1.54, 1.807) is 26.6 Å². The zero-order valence-electron chi connectivity index (χ0n) is 10.3. The minimum atomic E-state index is -0.173. The third-order valence-electron chi connectivity index (χ3n) is 2.38. The molecule has 0 aliphatic heterocycles. The molecule has 0 atom stereocenters. The molecule has 0 aliphatic rings. The van der Waals surface area contributed by atoms with Crippen molar-refractivity contribution in [2.24, 2.45) is 0 Å². The van der Waals surface area contributed by atoms with E-state index in [1.165, 1.54) is 0 Å². The van der Waals surface area contributed by atoms with Gasteiger partial charge in [-0.2, -0.15) is 4.98 Å². The van der Waals surface area contributed by atoms with Crippen LogP contribution in [0.1, 0.15) is 20.3 Å². The van der Waals surface area contributed by atoms with Gasteiger partial charge < -0.3 is 14.8 Å². The molecule has 0 amide bonds. The van der Waals surface area contributed by atoms with Gasteiger partial charge in [-0.3, -0.25) is 4.98 Å². The van der Waals surface area contributed by atoms with Crippen LogP contribution in [-0.2, 0) is 4.74 Å². The van der Waals surface area contributed by atoms with E-state index >= 15 is 0 Å². The fourth-order valence-electron chi connectivity index (χ4n) is 1.04. The molecule has 5 nitrogen and oxygen atoms in total. The highest BCUT2D eigenvalue weighted by Gasteiger charge is 2.16. The topological polar surface area (TPSA) is 56.3 Å². The minimum absolute atomic E-state index is 0.173. The van der Waals surface area contributed by atoms with Gasteiger partial charge in [0.15, 0.2) is 0 Å². The highest BCUT2D eigenvalue weighted by Crippen LogP contribution is 2.14. The number of hydrogen-bond donors (Lipinski definition) is 1. The molecule has 0 bridgehead atoms. The first-order valence-electron chi connectivity index (χ1n) is 5.25. The summed E-state index contributed by atoms with van der Waals surface area (Å²) in [5.41, 5.74) is -0.173. The molecular weight excluding hydrogens is 206 g/mol. The van der Waals surface area contributed by atoms with Crippen LogP contribution in [-0.4, -0.2) is 36.3 Å². The molecule has 0 aliphatic carbocycles. The van der Waals surface area contributed by atoms with Crippen LogP contribution in [0.2, 0.25) is 0 Å². The van der Waals surface area contributed by atoms with Crippen LogP contribution in [0.5, 0.6) is 5.88 Å². The zero-order chi connectivity index (χ0) is 12.0. The molecule has 0 unspecified atom stereocenters. The number of nitrogens with zero attached hydrogens (tertiary/aromatic N) is 2. The summed E-state index contributed by atoms with van der Waals surface area (Å²) < 4.78 is 10.8. The zero-order valence-corrected chi connectivity index (χ0v) is 10.3. The Hall–Kier alpha value is -1.36. The Morgan fingerprint density at radius 2 is 2.12 bits per heavy atom. The number of hydrogen-bond acceptors (Lipinski definition) is 5. The molecule has 1 heterocycles. The third-order valence-corrected chi connectivity index (χ3v) is 2.38. The molecule has 0 spiro atoms. The van der Waals surface area contributed by atoms with Crippen molar-refractivity contribution in [1.29, 1.82) is 0 Å². The van der Waals surface area contributed by atoms with E-state index in [1.807, 2.05) is 13.8 Å². The second-order valence-corrected chi connectivity index (χ2v) is 4.05. The van der Waals surface area contributed by atoms with Crippen molar-refractivity contribution < 1.29 is 9.47 Å². The molecule has 0 saturated carbocycles. The molecule has 90 valence electrons. The van der Waals surface area contributed by atoms with Gasteiger partial charge >= 0.3 is 0 Å². The van der Waals surface area contributed by atoms with Gasteiger partial charge in [-0.25, -0.2) is 0 Å². The van der Waals surface area contributed by atoms with Crippen molar-refractivity contribution in [2.75, 3.05) is 26.1 Å². The number of ether oxygens (including phenoxy) is 2. The van der Waals surface area contributed by atoms with E-state index in [2.05, 4.69) is 15.3 Å². The Bertz CT molecular complexity index is 329. The van der Waals surface area contributed by atoms with Crippen molar-refractivity contribution >= 4 is 5.82 Å². The largest absolute Gasteiger partial charge is 0.476 e. The summed E-state index contributed by atoms with van der Waals surface area (Å²) in [4.78, 5) is 8.21. The van der Waals surface area contributed by atoms with Gasteiger partial charge in [0.1, 0.15) is 5.82 Å². The van der Waals surface area contributed by atoms with E-state index in [4.69, 9.17) is 9.47 Å². The number of methoxy groups -OCH3 is 1. The van der Waals surface area contributed by atoms with E-state index in [0.717, 1.165) is 6.42 Å². The lowest BCUT2D eigenvalue weighted by atomic mass is 10.1. The van der Waals surface area contributed by atoms with Crippen molar-refractivity contribution in [1.82, 2.24) is 9.97 Å². The molecular formula is C11H19N3O2. The number of nitrogens with one attached hydrogen (secondary N) is 1. The smallest absolute Gasteiger partial charge is 0.234 e. The average Bonchev–Trinajstić information content (AvgIpc) is 2.29. The predicted molar refractivity (Wildman–Crippen MR) is 62.8 cm³/mol. The predicted octanol–water partition coefficient (Wildman–Crippen LogP) is 1.71. The van der Waals surface area contributed by atoms with Crippen LogP contribution in [0.3, 0.4) is 0 Å². The van der Waals surface area contributed by atoms with Crippen molar-refractivity contribution in [3.8, 4) is 5.88 Å². The van der Waals surface area contributed by atoms with Gasteiger partial charge in [-0.15, -0.1) is 0 Å². The van der Waals surface area contributed by atoms with E-state index in [-0.39, 0.29) is 5.60 Å². The summed E-state index contributed by atoms with van der Waals surface area (Å²) in [5.74, 6) is 1.22. The summed E-state index contributed by atoms with van der Waals surface area (Å²) >= 11 is 0. The first kappa shape index (κ1) is 12.7. The lowest BCUT2D eigenvalue weighted by Crippen LogP contribution is -2.25. The lowest BCUT2D eigenvalue weighted by Gasteiger charge is -2.22. The highest BCUT2D eigenvalue weighted by atomic mass is 16.5. The summed E-state index contributed by atoms with van der Waals surface area (Å²) in [6.07, 6.45) is 4.04. The van der Waals surface area contributed by atoms with E-state index in [9.17, 15) is 0 Å². The highest BCUT2D eigenvalue weighted by molar-refractivity contribution is 5.31. The summed E-state index contributed by atoms with van der Waals surface area (Å²) in [6, 6.07) is 0. The molecule has 16 heavy (non-hydrogen) atoms. The maximum Gasteiger partial charge on any atom is 0.234 e. The standard InChI is InChI=1S/C11H19N3O2/c1-11(2,15-4)5-6-16-10-8-13-7-9(12-3)14-10/h7-8H,5-6H2,1-4H3,(H,12,14).